The number of thiophene rings is 1. The highest BCUT2D eigenvalue weighted by molar-refractivity contribution is 7.89. The highest BCUT2D eigenvalue weighted by Gasteiger charge is 2.30. The van der Waals surface area contributed by atoms with E-state index >= 15 is 0 Å². The summed E-state index contributed by atoms with van der Waals surface area (Å²) in [5.74, 6) is 0.861. The predicted molar refractivity (Wildman–Crippen MR) is 178 cm³/mol. The van der Waals surface area contributed by atoms with Crippen LogP contribution in [0.25, 0.3) is 21.1 Å². The summed E-state index contributed by atoms with van der Waals surface area (Å²) in [6, 6.07) is 10.0. The lowest BCUT2D eigenvalue weighted by Crippen LogP contribution is -2.51. The lowest BCUT2D eigenvalue weighted by Gasteiger charge is -2.33. The monoisotopic (exact) mass is 689 g/mol. The lowest BCUT2D eigenvalue weighted by atomic mass is 10.0. The zero-order chi connectivity index (χ0) is 33.5. The standard InChI is InChI=1S/C31H38F3N9O2S2/c1-19(42-11-8-37-47(44,45)18-42)16-43-23(15-35)12-25-20(2)21(4-5-27(25)43)17-41-9-6-22(7-10-41)38-28-26-13-24(14-31(32,33)34)46-29(26)40-30(36-3)39-28/h4-5,12-13,19,22,37H,6-11,14,16-18H2,1-3H3,(H2,36,38,39,40)/t19-/m0/s1. The molecule has 2 aliphatic heterocycles. The minimum absolute atomic E-state index is 0.0537. The Morgan fingerprint density at radius 1 is 1.17 bits per heavy atom. The van der Waals surface area contributed by atoms with Gasteiger partial charge < -0.3 is 15.2 Å². The first kappa shape index (κ1) is 33.4. The quantitative estimate of drug-likeness (QED) is 0.230. The van der Waals surface area contributed by atoms with Crippen molar-refractivity contribution >= 4 is 54.2 Å². The fourth-order valence-corrected chi connectivity index (χ4v) is 8.90. The van der Waals surface area contributed by atoms with Crippen molar-refractivity contribution in [1.29, 1.82) is 5.26 Å². The number of likely N-dealkylation sites (tertiary alicyclic amines) is 1. The van der Waals surface area contributed by atoms with E-state index in [0.29, 0.717) is 47.3 Å². The molecule has 47 heavy (non-hydrogen) atoms. The first-order chi connectivity index (χ1) is 22.3. The second-order valence-electron chi connectivity index (χ2n) is 12.4. The van der Waals surface area contributed by atoms with E-state index in [-0.39, 0.29) is 22.8 Å². The van der Waals surface area contributed by atoms with Crippen LogP contribution in [-0.4, -0.2) is 90.1 Å². The van der Waals surface area contributed by atoms with E-state index in [9.17, 15) is 26.9 Å². The number of anilines is 2. The van der Waals surface area contributed by atoms with Gasteiger partial charge in [0.05, 0.1) is 11.8 Å². The van der Waals surface area contributed by atoms with Crippen LogP contribution < -0.4 is 15.4 Å². The highest BCUT2D eigenvalue weighted by atomic mass is 32.2. The lowest BCUT2D eigenvalue weighted by molar-refractivity contribution is -0.126. The molecule has 0 radical (unpaired) electrons. The van der Waals surface area contributed by atoms with Gasteiger partial charge in [0.2, 0.25) is 16.0 Å². The third kappa shape index (κ3) is 7.49. The van der Waals surface area contributed by atoms with E-state index in [1.807, 2.05) is 22.5 Å². The van der Waals surface area contributed by atoms with Crippen LogP contribution in [0.4, 0.5) is 24.9 Å². The number of hydrogen-bond acceptors (Lipinski definition) is 10. The molecule has 0 saturated carbocycles. The van der Waals surface area contributed by atoms with Crippen LogP contribution in [0.15, 0.2) is 24.3 Å². The Hall–Kier alpha value is -3.49. The number of aryl methyl sites for hydroxylation is 1. The molecule has 1 atom stereocenters. The van der Waals surface area contributed by atoms with Crippen molar-refractivity contribution in [3.63, 3.8) is 0 Å². The second-order valence-corrected chi connectivity index (χ2v) is 15.3. The zero-order valence-corrected chi connectivity index (χ0v) is 28.1. The largest absolute Gasteiger partial charge is 0.393 e. The maximum atomic E-state index is 13.1. The van der Waals surface area contributed by atoms with Crippen molar-refractivity contribution in [1.82, 2.24) is 29.1 Å². The average Bonchev–Trinajstić information content (AvgIpc) is 3.58. The molecule has 6 rings (SSSR count). The Morgan fingerprint density at radius 2 is 1.94 bits per heavy atom. The van der Waals surface area contributed by atoms with E-state index in [1.54, 1.807) is 13.1 Å². The minimum atomic E-state index is -4.29. The molecule has 0 amide bonds. The number of nitriles is 1. The molecule has 5 heterocycles. The van der Waals surface area contributed by atoms with Crippen molar-refractivity contribution in [2.75, 3.05) is 49.7 Å². The Morgan fingerprint density at radius 3 is 2.62 bits per heavy atom. The zero-order valence-electron chi connectivity index (χ0n) is 26.5. The molecule has 3 N–H and O–H groups in total. The van der Waals surface area contributed by atoms with E-state index in [0.717, 1.165) is 60.3 Å². The molecule has 0 spiro atoms. The molecule has 0 aliphatic carbocycles. The molecule has 0 bridgehead atoms. The van der Waals surface area contributed by atoms with Crippen LogP contribution in [0.1, 0.15) is 41.5 Å². The van der Waals surface area contributed by atoms with Gasteiger partial charge in [-0.2, -0.15) is 23.4 Å². The fourth-order valence-electron chi connectivity index (χ4n) is 6.53. The van der Waals surface area contributed by atoms with Gasteiger partial charge in [-0.1, -0.05) is 6.07 Å². The summed E-state index contributed by atoms with van der Waals surface area (Å²) in [6.45, 7) is 8.00. The summed E-state index contributed by atoms with van der Waals surface area (Å²) < 4.78 is 67.9. The molecule has 11 nitrogen and oxygen atoms in total. The van der Waals surface area contributed by atoms with Crippen LogP contribution in [-0.2, 0) is 29.5 Å². The van der Waals surface area contributed by atoms with Gasteiger partial charge in [-0.15, -0.1) is 11.3 Å². The Bertz CT molecular complexity index is 1930. The molecular weight excluding hydrogens is 652 g/mol. The number of fused-ring (bicyclic) bond motifs is 2. The van der Waals surface area contributed by atoms with E-state index in [1.165, 1.54) is 5.56 Å². The van der Waals surface area contributed by atoms with Crippen molar-refractivity contribution in [2.45, 2.75) is 64.5 Å². The fraction of sp³-hybridized carbons (Fsp3) is 0.516. The molecule has 2 saturated heterocycles. The number of aromatic nitrogens is 3. The molecule has 252 valence electrons. The summed E-state index contributed by atoms with van der Waals surface area (Å²) in [7, 11) is -1.64. The number of hydrogen-bond donors (Lipinski definition) is 3. The Labute approximate surface area is 275 Å². The van der Waals surface area contributed by atoms with Crippen LogP contribution >= 0.6 is 11.3 Å². The summed E-state index contributed by atoms with van der Waals surface area (Å²) in [6.07, 6.45) is -3.59. The van der Waals surface area contributed by atoms with Crippen molar-refractivity contribution in [2.24, 2.45) is 0 Å². The number of nitrogens with zero attached hydrogens (tertiary/aromatic N) is 6. The van der Waals surface area contributed by atoms with E-state index < -0.39 is 22.6 Å². The molecule has 2 fully saturated rings. The second kappa shape index (κ2) is 13.2. The van der Waals surface area contributed by atoms with Crippen LogP contribution in [0.5, 0.6) is 0 Å². The molecule has 1 aromatic carbocycles. The SMILES string of the molecule is CNc1nc(NC2CCN(Cc3ccc4c(cc(C#N)n4C[C@H](C)N4CCNS(=O)(=O)C4)c3C)CC2)c2cc(CC(F)(F)F)sc2n1. The third-order valence-electron chi connectivity index (χ3n) is 9.07. The van der Waals surface area contributed by atoms with Gasteiger partial charge in [0.25, 0.3) is 0 Å². The number of nitrogens with one attached hydrogen (secondary N) is 3. The number of benzene rings is 1. The molecule has 3 aromatic heterocycles. The van der Waals surface area contributed by atoms with Crippen LogP contribution in [0.2, 0.25) is 0 Å². The van der Waals surface area contributed by atoms with Crippen LogP contribution in [0.3, 0.4) is 0 Å². The Kier molecular flexibility index (Phi) is 9.38. The molecular formula is C31H38F3N9O2S2. The predicted octanol–water partition coefficient (Wildman–Crippen LogP) is 4.63. The first-order valence-electron chi connectivity index (χ1n) is 15.6. The maximum absolute atomic E-state index is 13.1. The van der Waals surface area contributed by atoms with Gasteiger partial charge in [0.15, 0.2) is 0 Å². The van der Waals surface area contributed by atoms with Gasteiger partial charge in [-0.3, -0.25) is 9.80 Å². The first-order valence-corrected chi connectivity index (χ1v) is 18.1. The number of piperidine rings is 1. The van der Waals surface area contributed by atoms with Crippen molar-refractivity contribution < 1.29 is 21.6 Å². The van der Waals surface area contributed by atoms with Gasteiger partial charge >= 0.3 is 6.18 Å². The number of halogens is 3. The highest BCUT2D eigenvalue weighted by Crippen LogP contribution is 2.35. The summed E-state index contributed by atoms with van der Waals surface area (Å²) in [5.41, 5.74) is 3.80. The number of rotatable bonds is 9. The molecule has 0 unspecified atom stereocenters. The van der Waals surface area contributed by atoms with E-state index in [2.05, 4.69) is 55.3 Å². The third-order valence-corrected chi connectivity index (χ3v) is 11.4. The van der Waals surface area contributed by atoms with Gasteiger partial charge in [-0.05, 0) is 56.0 Å². The molecule has 2 aliphatic rings. The average molecular weight is 690 g/mol. The van der Waals surface area contributed by atoms with Crippen molar-refractivity contribution in [3.05, 3.63) is 46.0 Å². The summed E-state index contributed by atoms with van der Waals surface area (Å²) >= 11 is 1.04. The number of sulfonamides is 1. The smallest absolute Gasteiger partial charge is 0.367 e. The normalized spacial score (nSPS) is 18.8. The van der Waals surface area contributed by atoms with Gasteiger partial charge in [-0.25, -0.2) is 18.1 Å². The molecule has 16 heteroatoms. The van der Waals surface area contributed by atoms with Gasteiger partial charge in [0, 0.05) is 74.2 Å². The topological polar surface area (TPSA) is 131 Å². The maximum Gasteiger partial charge on any atom is 0.393 e. The Balaban J connectivity index is 1.12. The molecule has 4 aromatic rings. The van der Waals surface area contributed by atoms with Gasteiger partial charge in [0.1, 0.15) is 28.3 Å². The summed E-state index contributed by atoms with van der Waals surface area (Å²) in [4.78, 5) is 14.0. The summed E-state index contributed by atoms with van der Waals surface area (Å²) in [5, 5.41) is 18.0. The van der Waals surface area contributed by atoms with E-state index in [4.69, 9.17) is 0 Å². The minimum Gasteiger partial charge on any atom is -0.367 e. The van der Waals surface area contributed by atoms with Crippen LogP contribution in [0, 0.1) is 18.3 Å². The van der Waals surface area contributed by atoms with Crippen molar-refractivity contribution in [3.8, 4) is 6.07 Å². The number of alkyl halides is 3.